The minimum absolute atomic E-state index is 0.0153. The van der Waals surface area contributed by atoms with Crippen molar-refractivity contribution in [2.75, 3.05) is 11.1 Å². The van der Waals surface area contributed by atoms with E-state index < -0.39 is 4.92 Å². The van der Waals surface area contributed by atoms with Crippen LogP contribution in [0.4, 0.5) is 17.1 Å². The second-order valence-electron chi connectivity index (χ2n) is 4.93. The number of anilines is 2. The van der Waals surface area contributed by atoms with E-state index in [1.165, 1.54) is 12.1 Å². The van der Waals surface area contributed by atoms with E-state index >= 15 is 0 Å². The van der Waals surface area contributed by atoms with Crippen molar-refractivity contribution in [2.45, 2.75) is 37.5 Å². The molecule has 0 radical (unpaired) electrons. The van der Waals surface area contributed by atoms with E-state index in [2.05, 4.69) is 5.32 Å². The summed E-state index contributed by atoms with van der Waals surface area (Å²) in [7, 11) is 0. The van der Waals surface area contributed by atoms with Gasteiger partial charge in [0, 0.05) is 23.5 Å². The van der Waals surface area contributed by atoms with Crippen molar-refractivity contribution in [3.8, 4) is 0 Å². The van der Waals surface area contributed by atoms with Crippen LogP contribution in [-0.2, 0) is 4.74 Å². The summed E-state index contributed by atoms with van der Waals surface area (Å²) >= 11 is 0. The third-order valence-electron chi connectivity index (χ3n) is 3.61. The van der Waals surface area contributed by atoms with Gasteiger partial charge < -0.3 is 15.8 Å². The molecule has 3 unspecified atom stereocenters. The molecule has 2 fully saturated rings. The molecule has 1 aromatic rings. The number of nitrogens with two attached hydrogens (primary N) is 1. The fourth-order valence-electron chi connectivity index (χ4n) is 2.83. The van der Waals surface area contributed by atoms with Crippen LogP contribution in [0.3, 0.4) is 0 Å². The number of non-ortho nitro benzene ring substituents is 1. The molecule has 2 aliphatic rings. The lowest BCUT2D eigenvalue weighted by Crippen LogP contribution is -2.30. The summed E-state index contributed by atoms with van der Waals surface area (Å²) < 4.78 is 5.74. The van der Waals surface area contributed by atoms with Crippen molar-refractivity contribution in [2.24, 2.45) is 0 Å². The molecule has 0 spiro atoms. The average molecular weight is 249 g/mol. The predicted octanol–water partition coefficient (Wildman–Crippen LogP) is 1.91. The molecule has 18 heavy (non-hydrogen) atoms. The maximum atomic E-state index is 10.8. The van der Waals surface area contributed by atoms with Crippen molar-refractivity contribution >= 4 is 17.1 Å². The quantitative estimate of drug-likeness (QED) is 0.485. The lowest BCUT2D eigenvalue weighted by molar-refractivity contribution is -0.384. The lowest BCUT2D eigenvalue weighted by atomic mass is 9.95. The maximum absolute atomic E-state index is 10.8. The zero-order chi connectivity index (χ0) is 12.7. The Kier molecular flexibility index (Phi) is 2.59. The van der Waals surface area contributed by atoms with Gasteiger partial charge in [-0.15, -0.1) is 0 Å². The largest absolute Gasteiger partial charge is 0.398 e. The Labute approximate surface area is 104 Å². The molecular formula is C12H15N3O3. The Morgan fingerprint density at radius 1 is 1.39 bits per heavy atom. The summed E-state index contributed by atoms with van der Waals surface area (Å²) in [5.74, 6) is 0. The van der Waals surface area contributed by atoms with Gasteiger partial charge in [-0.25, -0.2) is 0 Å². The Morgan fingerprint density at radius 2 is 2.22 bits per heavy atom. The number of nitrogens with zero attached hydrogens (tertiary/aromatic N) is 1. The van der Waals surface area contributed by atoms with Crippen LogP contribution < -0.4 is 11.1 Å². The molecule has 96 valence electrons. The summed E-state index contributed by atoms with van der Waals surface area (Å²) in [5.41, 5.74) is 6.78. The number of ether oxygens (including phenoxy) is 1. The molecule has 0 aliphatic carbocycles. The second kappa shape index (κ2) is 4.13. The Morgan fingerprint density at radius 3 is 2.83 bits per heavy atom. The van der Waals surface area contributed by atoms with Gasteiger partial charge in [-0.1, -0.05) is 0 Å². The number of fused-ring (bicyclic) bond motifs is 2. The Hall–Kier alpha value is -1.82. The van der Waals surface area contributed by atoms with Crippen LogP contribution in [0.25, 0.3) is 0 Å². The molecule has 2 bridgehead atoms. The van der Waals surface area contributed by atoms with E-state index in [1.54, 1.807) is 6.07 Å². The third-order valence-corrected chi connectivity index (χ3v) is 3.61. The molecule has 3 rings (SSSR count). The van der Waals surface area contributed by atoms with Gasteiger partial charge >= 0.3 is 0 Å². The predicted molar refractivity (Wildman–Crippen MR) is 67.4 cm³/mol. The SMILES string of the molecule is Nc1cc(NC2CC3CCC2O3)cc([N+](=O)[O-])c1. The normalized spacial score (nSPS) is 29.4. The first kappa shape index (κ1) is 11.3. The van der Waals surface area contributed by atoms with Crippen LogP contribution in [-0.4, -0.2) is 23.2 Å². The van der Waals surface area contributed by atoms with E-state index in [0.717, 1.165) is 19.3 Å². The average Bonchev–Trinajstić information content (AvgIpc) is 2.90. The van der Waals surface area contributed by atoms with Crippen molar-refractivity contribution in [1.29, 1.82) is 0 Å². The van der Waals surface area contributed by atoms with Gasteiger partial charge in [-0.05, 0) is 25.3 Å². The smallest absolute Gasteiger partial charge is 0.273 e. The van der Waals surface area contributed by atoms with Crippen LogP contribution in [0.1, 0.15) is 19.3 Å². The molecule has 0 saturated carbocycles. The minimum Gasteiger partial charge on any atom is -0.398 e. The maximum Gasteiger partial charge on any atom is 0.273 e. The van der Waals surface area contributed by atoms with Gasteiger partial charge in [0.25, 0.3) is 5.69 Å². The van der Waals surface area contributed by atoms with E-state index in [9.17, 15) is 10.1 Å². The van der Waals surface area contributed by atoms with Crippen LogP contribution in [0, 0.1) is 10.1 Å². The molecule has 3 atom stereocenters. The van der Waals surface area contributed by atoms with E-state index in [0.29, 0.717) is 17.5 Å². The number of nitro groups is 1. The summed E-state index contributed by atoms with van der Waals surface area (Å²) in [6.07, 6.45) is 3.74. The number of nitro benzene ring substituents is 1. The number of hydrogen-bond acceptors (Lipinski definition) is 5. The zero-order valence-electron chi connectivity index (χ0n) is 9.83. The van der Waals surface area contributed by atoms with Gasteiger partial charge in [-0.2, -0.15) is 0 Å². The fourth-order valence-corrected chi connectivity index (χ4v) is 2.83. The highest BCUT2D eigenvalue weighted by Crippen LogP contribution is 2.36. The number of nitrogens with one attached hydrogen (secondary N) is 1. The van der Waals surface area contributed by atoms with E-state index in [4.69, 9.17) is 10.5 Å². The fraction of sp³-hybridized carbons (Fsp3) is 0.500. The molecule has 1 aromatic carbocycles. The lowest BCUT2D eigenvalue weighted by Gasteiger charge is -2.21. The molecule has 6 heteroatoms. The molecule has 2 heterocycles. The van der Waals surface area contributed by atoms with E-state index in [1.807, 2.05) is 0 Å². The number of hydrogen-bond donors (Lipinski definition) is 2. The summed E-state index contributed by atoms with van der Waals surface area (Å²) in [5, 5.41) is 14.1. The Bertz CT molecular complexity index is 491. The molecule has 0 amide bonds. The summed E-state index contributed by atoms with van der Waals surface area (Å²) in [4.78, 5) is 10.3. The first-order valence-corrected chi connectivity index (χ1v) is 6.09. The number of rotatable bonds is 3. The zero-order valence-corrected chi connectivity index (χ0v) is 9.83. The molecule has 3 N–H and O–H groups in total. The van der Waals surface area contributed by atoms with Gasteiger partial charge in [0.1, 0.15) is 0 Å². The van der Waals surface area contributed by atoms with Crippen molar-refractivity contribution in [1.82, 2.24) is 0 Å². The van der Waals surface area contributed by atoms with Gasteiger partial charge in [0.05, 0.1) is 23.2 Å². The van der Waals surface area contributed by atoms with E-state index in [-0.39, 0.29) is 17.8 Å². The molecule has 0 aromatic heterocycles. The van der Waals surface area contributed by atoms with Gasteiger partial charge in [0.2, 0.25) is 0 Å². The van der Waals surface area contributed by atoms with Crippen molar-refractivity contribution in [3.63, 3.8) is 0 Å². The second-order valence-corrected chi connectivity index (χ2v) is 4.93. The van der Waals surface area contributed by atoms with Gasteiger partial charge in [-0.3, -0.25) is 10.1 Å². The first-order chi connectivity index (χ1) is 8.61. The topological polar surface area (TPSA) is 90.4 Å². The number of nitrogen functional groups attached to an aromatic ring is 1. The van der Waals surface area contributed by atoms with Crippen molar-refractivity contribution < 1.29 is 9.66 Å². The highest BCUT2D eigenvalue weighted by molar-refractivity contribution is 5.62. The van der Waals surface area contributed by atoms with Crippen LogP contribution in [0.5, 0.6) is 0 Å². The van der Waals surface area contributed by atoms with Crippen LogP contribution >= 0.6 is 0 Å². The van der Waals surface area contributed by atoms with Crippen LogP contribution in [0.2, 0.25) is 0 Å². The molecular weight excluding hydrogens is 234 g/mol. The monoisotopic (exact) mass is 249 g/mol. The number of benzene rings is 1. The highest BCUT2D eigenvalue weighted by atomic mass is 16.6. The van der Waals surface area contributed by atoms with Gasteiger partial charge in [0.15, 0.2) is 0 Å². The highest BCUT2D eigenvalue weighted by Gasteiger charge is 2.40. The summed E-state index contributed by atoms with van der Waals surface area (Å²) in [6.45, 7) is 0. The first-order valence-electron chi connectivity index (χ1n) is 6.09. The Balaban J connectivity index is 1.78. The van der Waals surface area contributed by atoms with Crippen LogP contribution in [0.15, 0.2) is 18.2 Å². The molecule has 6 nitrogen and oxygen atoms in total. The standard InChI is InChI=1S/C12H15N3O3/c13-7-3-8(5-9(4-7)15(16)17)14-11-6-10-1-2-12(11)18-10/h3-5,10-12,14H,1-2,6,13H2. The van der Waals surface area contributed by atoms with Crippen molar-refractivity contribution in [3.05, 3.63) is 28.3 Å². The third kappa shape index (κ3) is 1.99. The minimum atomic E-state index is -0.432. The summed E-state index contributed by atoms with van der Waals surface area (Å²) in [6, 6.07) is 4.84. The molecule has 2 aliphatic heterocycles. The molecule has 2 saturated heterocycles.